The van der Waals surface area contributed by atoms with Crippen LogP contribution in [0.2, 0.25) is 0 Å². The number of piperazine rings is 1. The van der Waals surface area contributed by atoms with Crippen LogP contribution in [0.5, 0.6) is 5.75 Å². The molecule has 2 fully saturated rings. The summed E-state index contributed by atoms with van der Waals surface area (Å²) in [4.78, 5) is 16.2. The number of ether oxygens (including phenoxy) is 1. The zero-order valence-corrected chi connectivity index (χ0v) is 22.6. The summed E-state index contributed by atoms with van der Waals surface area (Å²) in [5, 5.41) is 0. The molecule has 196 valence electrons. The van der Waals surface area contributed by atoms with Gasteiger partial charge in [-0.3, -0.25) is 4.90 Å². The second kappa shape index (κ2) is 9.53. The number of hydrogen-bond donors (Lipinski definition) is 0. The van der Waals surface area contributed by atoms with E-state index in [4.69, 9.17) is 14.0 Å². The number of nitrogens with zero attached hydrogens (tertiary/aromatic N) is 2. The van der Waals surface area contributed by atoms with E-state index in [1.54, 1.807) is 11.8 Å². The molecular formula is C23H36BFN2O7S. The van der Waals surface area contributed by atoms with Gasteiger partial charge in [0.05, 0.1) is 11.2 Å². The number of halogens is 1. The molecule has 9 nitrogen and oxygen atoms in total. The molecular weight excluding hydrogens is 478 g/mol. The normalized spacial score (nSPS) is 20.7. The Kier molecular flexibility index (Phi) is 7.54. The van der Waals surface area contributed by atoms with Crippen molar-refractivity contribution in [3.8, 4) is 5.75 Å². The largest absolute Gasteiger partial charge is 0.494 e. The van der Waals surface area contributed by atoms with Crippen molar-refractivity contribution in [3.63, 3.8) is 0 Å². The fourth-order valence-electron chi connectivity index (χ4n) is 3.90. The van der Waals surface area contributed by atoms with Crippen molar-refractivity contribution in [2.75, 3.05) is 26.2 Å². The maximum Gasteiger partial charge on any atom is 0.494 e. The molecule has 12 heteroatoms. The lowest BCUT2D eigenvalue weighted by atomic mass is 9.77. The van der Waals surface area contributed by atoms with E-state index in [2.05, 4.69) is 9.08 Å². The SMILES string of the molecule is Cc1c(CN2CCN(C(=O)OC(C)(C)C)CC2)cc(B2OC(C)(C)C(C)(C)O2)cc1OS(=O)(=O)F. The van der Waals surface area contributed by atoms with Crippen molar-refractivity contribution in [1.29, 1.82) is 0 Å². The zero-order valence-electron chi connectivity index (χ0n) is 21.8. The van der Waals surface area contributed by atoms with E-state index in [1.165, 1.54) is 6.07 Å². The molecule has 2 aliphatic heterocycles. The van der Waals surface area contributed by atoms with Crippen LogP contribution in [0.25, 0.3) is 0 Å². The molecule has 0 spiro atoms. The quantitative estimate of drug-likeness (QED) is 0.438. The molecule has 1 aromatic carbocycles. The van der Waals surface area contributed by atoms with Crippen LogP contribution in [0.4, 0.5) is 8.68 Å². The van der Waals surface area contributed by atoms with Crippen LogP contribution >= 0.6 is 0 Å². The fourth-order valence-corrected chi connectivity index (χ4v) is 4.29. The van der Waals surface area contributed by atoms with Crippen LogP contribution in [0.1, 0.15) is 59.6 Å². The minimum absolute atomic E-state index is 0.109. The lowest BCUT2D eigenvalue weighted by Crippen LogP contribution is -2.49. The van der Waals surface area contributed by atoms with Crippen molar-refractivity contribution in [2.24, 2.45) is 0 Å². The van der Waals surface area contributed by atoms with E-state index in [1.807, 2.05) is 54.5 Å². The summed E-state index contributed by atoms with van der Waals surface area (Å²) in [6, 6.07) is 3.31. The molecule has 1 aromatic rings. The van der Waals surface area contributed by atoms with Gasteiger partial charge in [0.15, 0.2) is 0 Å². The molecule has 35 heavy (non-hydrogen) atoms. The number of amides is 1. The summed E-state index contributed by atoms with van der Waals surface area (Å²) >= 11 is 0. The van der Waals surface area contributed by atoms with Gasteiger partial charge in [0.1, 0.15) is 11.4 Å². The number of rotatable bonds is 5. The molecule has 0 atom stereocenters. The van der Waals surface area contributed by atoms with Gasteiger partial charge in [-0.2, -0.15) is 8.42 Å². The van der Waals surface area contributed by atoms with Crippen LogP contribution in [0, 0.1) is 6.92 Å². The first-order chi connectivity index (χ1) is 15.9. The van der Waals surface area contributed by atoms with Gasteiger partial charge in [0.25, 0.3) is 0 Å². The van der Waals surface area contributed by atoms with E-state index in [9.17, 15) is 17.1 Å². The van der Waals surface area contributed by atoms with Gasteiger partial charge in [0, 0.05) is 32.7 Å². The third-order valence-electron chi connectivity index (χ3n) is 6.62. The Labute approximate surface area is 208 Å². The third-order valence-corrected chi connectivity index (χ3v) is 7.00. The standard InChI is InChI=1S/C23H36BFN2O7S/c1-16-17(15-26-9-11-27(12-10-26)20(28)31-21(2,3)4)13-18(14-19(16)32-35(25,29)30)24-33-22(5,6)23(7,8)34-24/h13-14H,9-12,15H2,1-8H3. The molecule has 3 rings (SSSR count). The summed E-state index contributed by atoms with van der Waals surface area (Å²) in [5.74, 6) is -0.109. The monoisotopic (exact) mass is 514 g/mol. The Balaban J connectivity index is 1.81. The lowest BCUT2D eigenvalue weighted by Gasteiger charge is -2.36. The van der Waals surface area contributed by atoms with Crippen LogP contribution in [-0.2, 0) is 31.1 Å². The predicted octanol–water partition coefficient (Wildman–Crippen LogP) is 2.94. The van der Waals surface area contributed by atoms with Gasteiger partial charge in [-0.25, -0.2) is 4.79 Å². The van der Waals surface area contributed by atoms with Crippen LogP contribution in [0.3, 0.4) is 0 Å². The smallest absolute Gasteiger partial charge is 0.444 e. The Morgan fingerprint density at radius 1 is 1.09 bits per heavy atom. The first kappa shape index (κ1) is 27.7. The number of carbonyl (C=O) groups excluding carboxylic acids is 1. The van der Waals surface area contributed by atoms with E-state index in [0.717, 1.165) is 5.56 Å². The molecule has 2 heterocycles. The summed E-state index contributed by atoms with van der Waals surface area (Å²) in [6.45, 7) is 17.4. The van der Waals surface area contributed by atoms with Crippen molar-refractivity contribution in [3.05, 3.63) is 23.3 Å². The van der Waals surface area contributed by atoms with Gasteiger partial charge in [-0.05, 0) is 78.0 Å². The first-order valence-electron chi connectivity index (χ1n) is 11.7. The van der Waals surface area contributed by atoms with Gasteiger partial charge < -0.3 is 23.1 Å². The molecule has 2 aliphatic rings. The lowest BCUT2D eigenvalue weighted by molar-refractivity contribution is 0.00578. The summed E-state index contributed by atoms with van der Waals surface area (Å²) in [7, 11) is -5.99. The average molecular weight is 514 g/mol. The van der Waals surface area contributed by atoms with Crippen molar-refractivity contribution in [1.82, 2.24) is 9.80 Å². The van der Waals surface area contributed by atoms with Crippen LogP contribution < -0.4 is 9.65 Å². The minimum atomic E-state index is -5.22. The second-order valence-corrected chi connectivity index (χ2v) is 12.1. The minimum Gasteiger partial charge on any atom is -0.444 e. The predicted molar refractivity (Wildman–Crippen MR) is 131 cm³/mol. The van der Waals surface area contributed by atoms with E-state index >= 15 is 0 Å². The van der Waals surface area contributed by atoms with Gasteiger partial charge in [-0.15, -0.1) is 0 Å². The zero-order chi connectivity index (χ0) is 26.4. The highest BCUT2D eigenvalue weighted by Gasteiger charge is 2.52. The molecule has 0 aromatic heterocycles. The van der Waals surface area contributed by atoms with E-state index < -0.39 is 34.4 Å². The molecule has 0 saturated carbocycles. The van der Waals surface area contributed by atoms with E-state index in [0.29, 0.717) is 43.8 Å². The molecule has 0 N–H and O–H groups in total. The fraction of sp³-hybridized carbons (Fsp3) is 0.696. The van der Waals surface area contributed by atoms with Crippen LogP contribution in [0.15, 0.2) is 12.1 Å². The third kappa shape index (κ3) is 6.87. The molecule has 0 bridgehead atoms. The summed E-state index contributed by atoms with van der Waals surface area (Å²) in [5.41, 5.74) is 0.0201. The van der Waals surface area contributed by atoms with Crippen LogP contribution in [-0.4, -0.2) is 74.4 Å². The van der Waals surface area contributed by atoms with Gasteiger partial charge >= 0.3 is 23.7 Å². The molecule has 1 amide bonds. The Bertz CT molecular complexity index is 1050. The molecule has 0 unspecified atom stereocenters. The maximum absolute atomic E-state index is 13.5. The Morgan fingerprint density at radius 2 is 1.63 bits per heavy atom. The number of carbonyl (C=O) groups is 1. The van der Waals surface area contributed by atoms with Gasteiger partial charge in [-0.1, -0.05) is 9.95 Å². The maximum atomic E-state index is 13.5. The highest BCUT2D eigenvalue weighted by atomic mass is 32.3. The van der Waals surface area contributed by atoms with Gasteiger partial charge in [0.2, 0.25) is 0 Å². The molecule has 0 aliphatic carbocycles. The first-order valence-corrected chi connectivity index (χ1v) is 13.0. The Hall–Kier alpha value is -1.89. The van der Waals surface area contributed by atoms with Crippen molar-refractivity contribution >= 4 is 29.2 Å². The highest BCUT2D eigenvalue weighted by molar-refractivity contribution is 7.81. The average Bonchev–Trinajstić information content (AvgIpc) is 2.90. The Morgan fingerprint density at radius 3 is 2.11 bits per heavy atom. The van der Waals surface area contributed by atoms with Crippen molar-refractivity contribution in [2.45, 2.75) is 78.7 Å². The van der Waals surface area contributed by atoms with Crippen molar-refractivity contribution < 1.29 is 35.3 Å². The molecule has 2 saturated heterocycles. The number of hydrogen-bond acceptors (Lipinski definition) is 8. The topological polar surface area (TPSA) is 94.6 Å². The highest BCUT2D eigenvalue weighted by Crippen LogP contribution is 2.37. The molecule has 0 radical (unpaired) electrons. The summed E-state index contributed by atoms with van der Waals surface area (Å²) in [6.07, 6.45) is -0.347. The number of benzene rings is 1. The summed E-state index contributed by atoms with van der Waals surface area (Å²) < 4.78 is 58.4. The van der Waals surface area contributed by atoms with E-state index in [-0.39, 0.29) is 11.8 Å². The second-order valence-electron chi connectivity index (χ2n) is 11.1.